The van der Waals surface area contributed by atoms with Gasteiger partial charge in [0.25, 0.3) is 0 Å². The summed E-state index contributed by atoms with van der Waals surface area (Å²) in [7, 11) is 0. The monoisotopic (exact) mass is 362 g/mol. The van der Waals surface area contributed by atoms with Gasteiger partial charge in [0.05, 0.1) is 19.7 Å². The lowest BCUT2D eigenvalue weighted by atomic mass is 10.3. The first-order valence-electron chi connectivity index (χ1n) is 6.58. The predicted octanol–water partition coefficient (Wildman–Crippen LogP) is 2.27. The van der Waals surface area contributed by atoms with Crippen LogP contribution in [0.4, 0.5) is 0 Å². The highest BCUT2D eigenvalue weighted by molar-refractivity contribution is 14.1. The molecule has 0 aliphatic carbocycles. The van der Waals surface area contributed by atoms with Gasteiger partial charge in [-0.3, -0.25) is 0 Å². The van der Waals surface area contributed by atoms with Gasteiger partial charge in [-0.25, -0.2) is 0 Å². The van der Waals surface area contributed by atoms with Crippen LogP contribution < -0.4 is 4.74 Å². The molecule has 0 aromatic heterocycles. The van der Waals surface area contributed by atoms with Crippen LogP contribution in [0.2, 0.25) is 0 Å². The molecule has 0 spiro atoms. The Balaban J connectivity index is 1.83. The first-order chi connectivity index (χ1) is 8.74. The summed E-state index contributed by atoms with van der Waals surface area (Å²) in [5, 5.41) is 9.19. The summed E-state index contributed by atoms with van der Waals surface area (Å²) in [5.41, 5.74) is 0. The number of aliphatic hydroxyl groups is 1. The van der Waals surface area contributed by atoms with Gasteiger partial charge in [-0.1, -0.05) is 6.07 Å². The molecule has 0 atom stereocenters. The van der Waals surface area contributed by atoms with Crippen molar-refractivity contribution < 1.29 is 14.3 Å². The van der Waals surface area contributed by atoms with Crippen molar-refractivity contribution in [3.63, 3.8) is 0 Å². The quantitative estimate of drug-likeness (QED) is 0.622. The molecule has 0 radical (unpaired) electrons. The fourth-order valence-corrected chi connectivity index (χ4v) is 3.21. The molecule has 3 nitrogen and oxygen atoms in total. The number of hydrogen-bond acceptors (Lipinski definition) is 2. The van der Waals surface area contributed by atoms with E-state index in [9.17, 15) is 5.11 Å². The molecule has 1 heterocycles. The Morgan fingerprint density at radius 3 is 2.67 bits per heavy atom. The summed E-state index contributed by atoms with van der Waals surface area (Å²) >= 11 is 2.29. The SMILES string of the molecule is OCC[N+]1(CCOc2cccc(I)c2)CCCC1. The highest BCUT2D eigenvalue weighted by Gasteiger charge is 2.30. The van der Waals surface area contributed by atoms with Crippen LogP contribution >= 0.6 is 22.6 Å². The Morgan fingerprint density at radius 2 is 2.00 bits per heavy atom. The third-order valence-corrected chi connectivity index (χ3v) is 4.39. The molecular weight excluding hydrogens is 341 g/mol. The molecule has 0 unspecified atom stereocenters. The minimum Gasteiger partial charge on any atom is -0.488 e. The van der Waals surface area contributed by atoms with Gasteiger partial charge >= 0.3 is 0 Å². The van der Waals surface area contributed by atoms with Gasteiger partial charge in [0.2, 0.25) is 0 Å². The van der Waals surface area contributed by atoms with E-state index in [-0.39, 0.29) is 6.61 Å². The van der Waals surface area contributed by atoms with Crippen molar-refractivity contribution in [1.29, 1.82) is 0 Å². The van der Waals surface area contributed by atoms with Crippen molar-refractivity contribution in [2.75, 3.05) is 39.4 Å². The second-order valence-electron chi connectivity index (χ2n) is 4.97. The second-order valence-corrected chi connectivity index (χ2v) is 6.22. The van der Waals surface area contributed by atoms with Crippen LogP contribution in [0.5, 0.6) is 5.75 Å². The van der Waals surface area contributed by atoms with Crippen LogP contribution in [-0.4, -0.2) is 49.0 Å². The molecule has 100 valence electrons. The Labute approximate surface area is 122 Å². The molecule has 1 aromatic rings. The largest absolute Gasteiger partial charge is 0.488 e. The third kappa shape index (κ3) is 3.83. The number of nitrogens with zero attached hydrogens (tertiary/aromatic N) is 1. The van der Waals surface area contributed by atoms with E-state index < -0.39 is 0 Å². The van der Waals surface area contributed by atoms with E-state index in [2.05, 4.69) is 34.7 Å². The fourth-order valence-electron chi connectivity index (χ4n) is 2.69. The molecule has 1 fully saturated rings. The number of likely N-dealkylation sites (tertiary alicyclic amines) is 1. The standard InChI is InChI=1S/C14H21INO2/c15-13-4-3-5-14(12-13)18-11-9-16(8-10-17)6-1-2-7-16/h3-5,12,17H,1-2,6-11H2/q+1. The molecule has 0 saturated carbocycles. The number of ether oxygens (including phenoxy) is 1. The highest BCUT2D eigenvalue weighted by Crippen LogP contribution is 2.19. The van der Waals surface area contributed by atoms with E-state index in [4.69, 9.17) is 4.74 Å². The van der Waals surface area contributed by atoms with Crippen molar-refractivity contribution in [1.82, 2.24) is 0 Å². The van der Waals surface area contributed by atoms with E-state index in [1.165, 1.54) is 29.5 Å². The number of aliphatic hydroxyl groups excluding tert-OH is 1. The van der Waals surface area contributed by atoms with Gasteiger partial charge in [0.1, 0.15) is 25.4 Å². The Morgan fingerprint density at radius 1 is 1.22 bits per heavy atom. The van der Waals surface area contributed by atoms with E-state index >= 15 is 0 Å². The van der Waals surface area contributed by atoms with Crippen LogP contribution in [-0.2, 0) is 0 Å². The maximum atomic E-state index is 9.19. The number of hydrogen-bond donors (Lipinski definition) is 1. The van der Waals surface area contributed by atoms with Crippen molar-refractivity contribution in [3.05, 3.63) is 27.8 Å². The first-order valence-corrected chi connectivity index (χ1v) is 7.66. The van der Waals surface area contributed by atoms with Gasteiger partial charge in [0, 0.05) is 16.4 Å². The fraction of sp³-hybridized carbons (Fsp3) is 0.571. The van der Waals surface area contributed by atoms with E-state index in [0.29, 0.717) is 0 Å². The zero-order valence-corrected chi connectivity index (χ0v) is 12.8. The topological polar surface area (TPSA) is 29.5 Å². The normalized spacial score (nSPS) is 17.9. The van der Waals surface area contributed by atoms with Crippen molar-refractivity contribution >= 4 is 22.6 Å². The van der Waals surface area contributed by atoms with Crippen molar-refractivity contribution in [2.45, 2.75) is 12.8 Å². The molecule has 0 bridgehead atoms. The van der Waals surface area contributed by atoms with Gasteiger partial charge < -0.3 is 14.3 Å². The summed E-state index contributed by atoms with van der Waals surface area (Å²) in [4.78, 5) is 0. The summed E-state index contributed by atoms with van der Waals surface area (Å²) < 4.78 is 8.05. The molecule has 0 amide bonds. The molecule has 1 aliphatic heterocycles. The number of quaternary nitrogens is 1. The molecule has 1 aromatic carbocycles. The Bertz CT molecular complexity index is 378. The lowest BCUT2D eigenvalue weighted by Crippen LogP contribution is -2.49. The zero-order chi connectivity index (χ0) is 12.8. The van der Waals surface area contributed by atoms with Gasteiger partial charge in [-0.15, -0.1) is 0 Å². The van der Waals surface area contributed by atoms with E-state index in [1.807, 2.05) is 12.1 Å². The first kappa shape index (κ1) is 14.1. The summed E-state index contributed by atoms with van der Waals surface area (Å²) in [6.07, 6.45) is 2.56. The van der Waals surface area contributed by atoms with E-state index in [0.717, 1.165) is 29.9 Å². The maximum absolute atomic E-state index is 9.19. The van der Waals surface area contributed by atoms with Gasteiger partial charge in [-0.05, 0) is 40.8 Å². The van der Waals surface area contributed by atoms with Crippen molar-refractivity contribution in [2.24, 2.45) is 0 Å². The van der Waals surface area contributed by atoms with Crippen LogP contribution in [0.25, 0.3) is 0 Å². The molecule has 1 aliphatic rings. The number of rotatable bonds is 6. The number of halogens is 1. The van der Waals surface area contributed by atoms with Crippen LogP contribution in [0.1, 0.15) is 12.8 Å². The lowest BCUT2D eigenvalue weighted by Gasteiger charge is -2.33. The molecular formula is C14H21INO2+. The summed E-state index contributed by atoms with van der Waals surface area (Å²) in [6.45, 7) is 5.28. The molecule has 1 N–H and O–H groups in total. The van der Waals surface area contributed by atoms with Crippen molar-refractivity contribution in [3.8, 4) is 5.75 Å². The minimum atomic E-state index is 0.281. The maximum Gasteiger partial charge on any atom is 0.137 e. The average molecular weight is 362 g/mol. The Hall–Kier alpha value is -0.330. The van der Waals surface area contributed by atoms with Crippen LogP contribution in [0.3, 0.4) is 0 Å². The summed E-state index contributed by atoms with van der Waals surface area (Å²) in [5.74, 6) is 0.947. The predicted molar refractivity (Wildman–Crippen MR) is 80.7 cm³/mol. The van der Waals surface area contributed by atoms with Crippen LogP contribution in [0.15, 0.2) is 24.3 Å². The van der Waals surface area contributed by atoms with Crippen LogP contribution in [0, 0.1) is 3.57 Å². The average Bonchev–Trinajstić information content (AvgIpc) is 2.79. The molecule has 1 saturated heterocycles. The third-order valence-electron chi connectivity index (χ3n) is 3.72. The second kappa shape index (κ2) is 6.73. The summed E-state index contributed by atoms with van der Waals surface area (Å²) in [6, 6.07) is 8.14. The molecule has 18 heavy (non-hydrogen) atoms. The van der Waals surface area contributed by atoms with Gasteiger partial charge in [-0.2, -0.15) is 0 Å². The molecule has 4 heteroatoms. The Kier molecular flexibility index (Phi) is 5.26. The lowest BCUT2D eigenvalue weighted by molar-refractivity contribution is -0.917. The van der Waals surface area contributed by atoms with Gasteiger partial charge in [0.15, 0.2) is 0 Å². The minimum absolute atomic E-state index is 0.281. The highest BCUT2D eigenvalue weighted by atomic mass is 127. The zero-order valence-electron chi connectivity index (χ0n) is 10.6. The van der Waals surface area contributed by atoms with E-state index in [1.54, 1.807) is 0 Å². The molecule has 2 rings (SSSR count). The number of benzene rings is 1. The smallest absolute Gasteiger partial charge is 0.137 e.